The highest BCUT2D eigenvalue weighted by Gasteiger charge is 2.17. The van der Waals surface area contributed by atoms with Crippen LogP contribution in [-0.2, 0) is 16.0 Å². The van der Waals surface area contributed by atoms with E-state index in [1.807, 2.05) is 24.4 Å². The maximum atomic E-state index is 5.92. The Labute approximate surface area is 185 Å². The Kier molecular flexibility index (Phi) is 9.12. The van der Waals surface area contributed by atoms with Crippen molar-refractivity contribution in [1.29, 1.82) is 0 Å². The fraction of sp³-hybridized carbons (Fsp3) is 0.500. The average Bonchev–Trinajstić information content (AvgIpc) is 2.81. The molecule has 2 unspecified atom stereocenters. The van der Waals surface area contributed by atoms with Gasteiger partial charge in [-0.05, 0) is 37.5 Å². The van der Waals surface area contributed by atoms with E-state index in [9.17, 15) is 0 Å². The maximum absolute atomic E-state index is 5.92. The zero-order valence-electron chi connectivity index (χ0n) is 18.9. The van der Waals surface area contributed by atoms with Crippen LogP contribution in [0.4, 0.5) is 5.82 Å². The molecule has 31 heavy (non-hydrogen) atoms. The number of ether oxygens (including phenoxy) is 2. The summed E-state index contributed by atoms with van der Waals surface area (Å²) in [5, 5.41) is 6.68. The summed E-state index contributed by atoms with van der Waals surface area (Å²) < 4.78 is 11.5. The molecule has 168 valence electrons. The highest BCUT2D eigenvalue weighted by Crippen LogP contribution is 2.16. The number of hydrogen-bond donors (Lipinski definition) is 2. The van der Waals surface area contributed by atoms with Gasteiger partial charge in [0.25, 0.3) is 0 Å². The normalized spacial score (nSPS) is 18.0. The molecule has 7 heteroatoms. The number of hydrogen-bond acceptors (Lipinski definition) is 5. The zero-order valence-corrected chi connectivity index (χ0v) is 18.9. The lowest BCUT2D eigenvalue weighted by Gasteiger charge is -2.32. The van der Waals surface area contributed by atoms with Gasteiger partial charge in [-0.25, -0.2) is 4.98 Å². The van der Waals surface area contributed by atoms with Crippen LogP contribution in [0.2, 0.25) is 0 Å². The molecule has 1 saturated heterocycles. The number of nitrogens with one attached hydrogen (secondary N) is 2. The number of rotatable bonds is 9. The topological polar surface area (TPSA) is 71.0 Å². The Hall–Kier alpha value is -2.64. The van der Waals surface area contributed by atoms with Gasteiger partial charge >= 0.3 is 0 Å². The zero-order chi connectivity index (χ0) is 21.9. The molecule has 3 rings (SSSR count). The van der Waals surface area contributed by atoms with Crippen LogP contribution in [0.25, 0.3) is 0 Å². The third-order valence-electron chi connectivity index (χ3n) is 5.31. The number of aromatic nitrogens is 1. The molecular weight excluding hydrogens is 390 g/mol. The second-order valence-corrected chi connectivity index (χ2v) is 7.78. The lowest BCUT2D eigenvalue weighted by molar-refractivity contribution is 0.0529. The van der Waals surface area contributed by atoms with Gasteiger partial charge in [0.1, 0.15) is 5.82 Å². The fourth-order valence-corrected chi connectivity index (χ4v) is 3.50. The molecule has 1 aliphatic heterocycles. The number of nitrogens with zero attached hydrogens (tertiary/aromatic N) is 3. The van der Waals surface area contributed by atoms with Gasteiger partial charge in [0.2, 0.25) is 0 Å². The maximum Gasteiger partial charge on any atom is 0.191 e. The molecule has 0 spiro atoms. The van der Waals surface area contributed by atoms with E-state index in [0.717, 1.165) is 50.0 Å². The molecule has 7 nitrogen and oxygen atoms in total. The monoisotopic (exact) mass is 425 g/mol. The first-order valence-electron chi connectivity index (χ1n) is 11.1. The largest absolute Gasteiger partial charge is 0.375 e. The van der Waals surface area contributed by atoms with Gasteiger partial charge < -0.3 is 25.0 Å². The van der Waals surface area contributed by atoms with Crippen LogP contribution >= 0.6 is 0 Å². The van der Waals surface area contributed by atoms with Crippen molar-refractivity contribution in [3.8, 4) is 0 Å². The Morgan fingerprint density at radius 1 is 1.26 bits per heavy atom. The second kappa shape index (κ2) is 12.3. The molecule has 1 aromatic carbocycles. The van der Waals surface area contributed by atoms with Crippen molar-refractivity contribution in [2.75, 3.05) is 44.8 Å². The molecule has 1 aromatic heterocycles. The van der Waals surface area contributed by atoms with Gasteiger partial charge in [0, 0.05) is 46.0 Å². The van der Waals surface area contributed by atoms with Crippen molar-refractivity contribution < 1.29 is 9.47 Å². The predicted octanol–water partition coefficient (Wildman–Crippen LogP) is 3.14. The molecule has 0 saturated carbocycles. The van der Waals surface area contributed by atoms with Crippen LogP contribution in [0.5, 0.6) is 0 Å². The van der Waals surface area contributed by atoms with Gasteiger partial charge in [-0.15, -0.1) is 0 Å². The Morgan fingerprint density at radius 3 is 2.81 bits per heavy atom. The molecule has 2 aromatic rings. The van der Waals surface area contributed by atoms with Crippen molar-refractivity contribution in [1.82, 2.24) is 15.6 Å². The summed E-state index contributed by atoms with van der Waals surface area (Å²) in [6.07, 6.45) is 3.19. The molecule has 0 radical (unpaired) electrons. The van der Waals surface area contributed by atoms with Crippen LogP contribution in [0, 0.1) is 0 Å². The average molecular weight is 426 g/mol. The van der Waals surface area contributed by atoms with Crippen LogP contribution in [0.15, 0.2) is 53.7 Å². The number of anilines is 1. The van der Waals surface area contributed by atoms with Gasteiger partial charge in [-0.2, -0.15) is 0 Å². The third kappa shape index (κ3) is 7.52. The lowest BCUT2D eigenvalue weighted by Crippen LogP contribution is -2.41. The summed E-state index contributed by atoms with van der Waals surface area (Å²) in [7, 11) is 1.78. The van der Waals surface area contributed by atoms with Crippen molar-refractivity contribution in [2.45, 2.75) is 39.0 Å². The molecule has 2 heterocycles. The van der Waals surface area contributed by atoms with E-state index in [1.54, 1.807) is 7.05 Å². The summed E-state index contributed by atoms with van der Waals surface area (Å²) >= 11 is 0. The molecular formula is C24H35N5O2. The Morgan fingerprint density at radius 2 is 2.10 bits per heavy atom. The Balaban J connectivity index is 1.33. The van der Waals surface area contributed by atoms with Gasteiger partial charge in [-0.1, -0.05) is 36.4 Å². The SMILES string of the molecule is CN=C(NCCCOC(C)c1ccccc1)NCc1ccc(N2CCOC(C)C2)nc1. The van der Waals surface area contributed by atoms with E-state index < -0.39 is 0 Å². The lowest BCUT2D eigenvalue weighted by atomic mass is 10.1. The van der Waals surface area contributed by atoms with Crippen molar-refractivity contribution >= 4 is 11.8 Å². The van der Waals surface area contributed by atoms with Gasteiger partial charge in [0.15, 0.2) is 5.96 Å². The number of aliphatic imine (C=N–C) groups is 1. The minimum absolute atomic E-state index is 0.106. The summed E-state index contributed by atoms with van der Waals surface area (Å²) in [6.45, 7) is 8.88. The minimum Gasteiger partial charge on any atom is -0.375 e. The standard InChI is InChI=1S/C24H35N5O2/c1-19-18-29(13-15-30-19)23-11-10-21(16-27-23)17-28-24(25-3)26-12-7-14-31-20(2)22-8-5-4-6-9-22/h4-6,8-11,16,19-20H,7,12-15,17-18H2,1-3H3,(H2,25,26,28). The minimum atomic E-state index is 0.106. The molecule has 0 aliphatic carbocycles. The molecule has 0 bridgehead atoms. The molecule has 1 fully saturated rings. The Bertz CT molecular complexity index is 797. The third-order valence-corrected chi connectivity index (χ3v) is 5.31. The molecule has 2 atom stereocenters. The molecule has 2 N–H and O–H groups in total. The quantitative estimate of drug-likeness (QED) is 0.365. The van der Waals surface area contributed by atoms with Crippen LogP contribution in [0.1, 0.15) is 37.5 Å². The van der Waals surface area contributed by atoms with E-state index >= 15 is 0 Å². The smallest absolute Gasteiger partial charge is 0.191 e. The van der Waals surface area contributed by atoms with E-state index in [4.69, 9.17) is 9.47 Å². The van der Waals surface area contributed by atoms with Crippen molar-refractivity contribution in [3.05, 3.63) is 59.8 Å². The number of guanidine groups is 1. The summed E-state index contributed by atoms with van der Waals surface area (Å²) in [5.74, 6) is 1.79. The van der Waals surface area contributed by atoms with E-state index in [-0.39, 0.29) is 12.2 Å². The highest BCUT2D eigenvalue weighted by atomic mass is 16.5. The van der Waals surface area contributed by atoms with E-state index in [0.29, 0.717) is 13.2 Å². The first kappa shape index (κ1) is 23.0. The summed E-state index contributed by atoms with van der Waals surface area (Å²) in [6, 6.07) is 14.5. The molecule has 0 amide bonds. The van der Waals surface area contributed by atoms with E-state index in [1.165, 1.54) is 5.56 Å². The highest BCUT2D eigenvalue weighted by molar-refractivity contribution is 5.79. The van der Waals surface area contributed by atoms with E-state index in [2.05, 4.69) is 63.6 Å². The molecule has 1 aliphatic rings. The van der Waals surface area contributed by atoms with Crippen LogP contribution in [0.3, 0.4) is 0 Å². The number of morpholine rings is 1. The van der Waals surface area contributed by atoms with Crippen LogP contribution < -0.4 is 15.5 Å². The first-order chi connectivity index (χ1) is 15.2. The van der Waals surface area contributed by atoms with Gasteiger partial charge in [0.05, 0.1) is 18.8 Å². The fourth-order valence-electron chi connectivity index (χ4n) is 3.50. The first-order valence-corrected chi connectivity index (χ1v) is 11.1. The predicted molar refractivity (Wildman–Crippen MR) is 125 cm³/mol. The van der Waals surface area contributed by atoms with Crippen LogP contribution in [-0.4, -0.2) is 56.9 Å². The summed E-state index contributed by atoms with van der Waals surface area (Å²) in [4.78, 5) is 11.2. The number of pyridine rings is 1. The van der Waals surface area contributed by atoms with Crippen molar-refractivity contribution in [2.24, 2.45) is 4.99 Å². The number of benzene rings is 1. The van der Waals surface area contributed by atoms with Gasteiger partial charge in [-0.3, -0.25) is 4.99 Å². The summed E-state index contributed by atoms with van der Waals surface area (Å²) in [5.41, 5.74) is 2.32. The van der Waals surface area contributed by atoms with Crippen molar-refractivity contribution in [3.63, 3.8) is 0 Å². The second-order valence-electron chi connectivity index (χ2n) is 7.78.